The van der Waals surface area contributed by atoms with Gasteiger partial charge in [-0.15, -0.1) is 0 Å². The third-order valence-corrected chi connectivity index (χ3v) is 6.44. The van der Waals surface area contributed by atoms with Crippen LogP contribution in [0.4, 0.5) is 11.4 Å². The largest absolute Gasteiger partial charge is 0.490 e. The smallest absolute Gasteiger partial charge is 0.253 e. The number of carbonyl (C=O) groups excluding carboxylic acids is 2. The molecule has 0 spiro atoms. The third-order valence-electron chi connectivity index (χ3n) is 6.11. The van der Waals surface area contributed by atoms with Gasteiger partial charge in [-0.3, -0.25) is 9.59 Å². The van der Waals surface area contributed by atoms with E-state index < -0.39 is 0 Å². The van der Waals surface area contributed by atoms with Crippen molar-refractivity contribution in [2.75, 3.05) is 30.4 Å². The number of ether oxygens (including phenoxy) is 2. The zero-order chi connectivity index (χ0) is 25.9. The lowest BCUT2D eigenvalue weighted by Crippen LogP contribution is -2.36. The number of carbonyl (C=O) groups is 2. The first-order valence-corrected chi connectivity index (χ1v) is 13.0. The van der Waals surface area contributed by atoms with Gasteiger partial charge in [-0.1, -0.05) is 49.1 Å². The maximum absolute atomic E-state index is 12.7. The summed E-state index contributed by atoms with van der Waals surface area (Å²) in [5, 5.41) is 9.37. The van der Waals surface area contributed by atoms with Gasteiger partial charge in [0.2, 0.25) is 5.91 Å². The number of hydrogen-bond donors (Lipinski definition) is 3. The molecule has 1 fully saturated rings. The molecular formula is C29H32ClN3O4. The lowest BCUT2D eigenvalue weighted by atomic mass is 9.95. The molecule has 0 bridgehead atoms. The molecule has 0 unspecified atom stereocenters. The Bertz CT molecular complexity index is 1170. The molecule has 194 valence electrons. The van der Waals surface area contributed by atoms with Gasteiger partial charge in [-0.2, -0.15) is 0 Å². The van der Waals surface area contributed by atoms with Crippen LogP contribution >= 0.6 is 11.6 Å². The molecule has 1 aliphatic rings. The highest BCUT2D eigenvalue weighted by Gasteiger charge is 2.18. The second-order valence-corrected chi connectivity index (χ2v) is 9.35. The quantitative estimate of drug-likeness (QED) is 0.273. The topological polar surface area (TPSA) is 88.7 Å². The number of halogens is 1. The summed E-state index contributed by atoms with van der Waals surface area (Å²) in [4.78, 5) is 25.2. The Morgan fingerprint density at radius 3 is 2.16 bits per heavy atom. The Labute approximate surface area is 222 Å². The van der Waals surface area contributed by atoms with Gasteiger partial charge < -0.3 is 25.4 Å². The Balaban J connectivity index is 1.20. The Hall–Kier alpha value is -3.71. The van der Waals surface area contributed by atoms with Crippen molar-refractivity contribution in [3.8, 4) is 11.5 Å². The fourth-order valence-electron chi connectivity index (χ4n) is 4.18. The summed E-state index contributed by atoms with van der Waals surface area (Å²) in [5.41, 5.74) is 1.71. The number of para-hydroxylation sites is 1. The molecule has 0 aliphatic heterocycles. The minimum absolute atomic E-state index is 0.0421. The van der Waals surface area contributed by atoms with Crippen LogP contribution in [0.25, 0.3) is 0 Å². The first-order valence-electron chi connectivity index (χ1n) is 12.6. The van der Waals surface area contributed by atoms with Crippen molar-refractivity contribution in [1.29, 1.82) is 0 Å². The van der Waals surface area contributed by atoms with E-state index >= 15 is 0 Å². The number of rotatable bonds is 11. The van der Waals surface area contributed by atoms with Crippen LogP contribution in [0, 0.1) is 0 Å². The lowest BCUT2D eigenvalue weighted by Gasteiger charge is -2.23. The van der Waals surface area contributed by atoms with E-state index in [2.05, 4.69) is 16.0 Å². The number of anilines is 2. The summed E-state index contributed by atoms with van der Waals surface area (Å²) in [5.74, 6) is 1.09. The van der Waals surface area contributed by atoms with Crippen molar-refractivity contribution in [2.24, 2.45) is 0 Å². The predicted octanol–water partition coefficient (Wildman–Crippen LogP) is 5.91. The van der Waals surface area contributed by atoms with Crippen molar-refractivity contribution >= 4 is 34.8 Å². The van der Waals surface area contributed by atoms with Crippen molar-refractivity contribution in [3.63, 3.8) is 0 Å². The average molecular weight is 522 g/mol. The van der Waals surface area contributed by atoms with E-state index in [4.69, 9.17) is 21.1 Å². The number of amides is 2. The Morgan fingerprint density at radius 2 is 1.46 bits per heavy atom. The molecule has 3 aromatic carbocycles. The Kier molecular flexibility index (Phi) is 9.66. The maximum Gasteiger partial charge on any atom is 0.253 e. The van der Waals surface area contributed by atoms with Gasteiger partial charge in [-0.05, 0) is 67.4 Å². The minimum Gasteiger partial charge on any atom is -0.490 e. The molecule has 7 nitrogen and oxygen atoms in total. The highest BCUT2D eigenvalue weighted by molar-refractivity contribution is 6.34. The lowest BCUT2D eigenvalue weighted by molar-refractivity contribution is -0.114. The molecular weight excluding hydrogens is 490 g/mol. The van der Waals surface area contributed by atoms with E-state index in [1.165, 1.54) is 6.42 Å². The number of hydrogen-bond acceptors (Lipinski definition) is 5. The average Bonchev–Trinajstić information content (AvgIpc) is 2.92. The van der Waals surface area contributed by atoms with Crippen LogP contribution in [-0.2, 0) is 4.79 Å². The standard InChI is InChI=1S/C29H32ClN3O4/c30-27-16-13-23(19-26(27)29(35)33-21-7-3-1-4-8-21)31-20-28(34)32-22-11-14-25(15-12-22)37-18-17-36-24-9-5-2-6-10-24/h2,5-6,9-16,19,21,31H,1,3-4,7-8,17-18,20H2,(H,32,34)(H,33,35). The fraction of sp³-hybridized carbons (Fsp3) is 0.310. The van der Waals surface area contributed by atoms with Crippen LogP contribution in [0.15, 0.2) is 72.8 Å². The molecule has 4 rings (SSSR count). The first kappa shape index (κ1) is 26.4. The van der Waals surface area contributed by atoms with Crippen LogP contribution < -0.4 is 25.4 Å². The molecule has 0 aromatic heterocycles. The highest BCUT2D eigenvalue weighted by Crippen LogP contribution is 2.23. The molecule has 0 saturated heterocycles. The van der Waals surface area contributed by atoms with Crippen LogP contribution in [0.2, 0.25) is 5.02 Å². The summed E-state index contributed by atoms with van der Waals surface area (Å²) in [6.45, 7) is 0.884. The second kappa shape index (κ2) is 13.6. The molecule has 3 N–H and O–H groups in total. The van der Waals surface area contributed by atoms with Crippen LogP contribution in [-0.4, -0.2) is 37.6 Å². The van der Waals surface area contributed by atoms with Crippen molar-refractivity contribution in [2.45, 2.75) is 38.1 Å². The van der Waals surface area contributed by atoms with Crippen molar-refractivity contribution < 1.29 is 19.1 Å². The summed E-state index contributed by atoms with van der Waals surface area (Å²) < 4.78 is 11.3. The van der Waals surface area contributed by atoms with Crippen molar-refractivity contribution in [3.05, 3.63) is 83.4 Å². The van der Waals surface area contributed by atoms with Gasteiger partial charge in [0.15, 0.2) is 0 Å². The number of nitrogens with one attached hydrogen (secondary N) is 3. The van der Waals surface area contributed by atoms with E-state index in [1.807, 2.05) is 30.3 Å². The molecule has 37 heavy (non-hydrogen) atoms. The van der Waals surface area contributed by atoms with Gasteiger partial charge in [0.1, 0.15) is 24.7 Å². The van der Waals surface area contributed by atoms with Gasteiger partial charge >= 0.3 is 0 Å². The van der Waals surface area contributed by atoms with Crippen LogP contribution in [0.1, 0.15) is 42.5 Å². The zero-order valence-electron chi connectivity index (χ0n) is 20.7. The van der Waals surface area contributed by atoms with E-state index in [0.717, 1.165) is 31.4 Å². The molecule has 0 atom stereocenters. The molecule has 0 radical (unpaired) electrons. The molecule has 1 saturated carbocycles. The summed E-state index contributed by atoms with van der Waals surface area (Å²) in [6.07, 6.45) is 5.48. The molecule has 8 heteroatoms. The Morgan fingerprint density at radius 1 is 0.811 bits per heavy atom. The summed E-state index contributed by atoms with van der Waals surface area (Å²) >= 11 is 6.27. The van der Waals surface area contributed by atoms with Crippen LogP contribution in [0.5, 0.6) is 11.5 Å². The minimum atomic E-state index is -0.215. The second-order valence-electron chi connectivity index (χ2n) is 8.94. The number of benzene rings is 3. The molecule has 0 heterocycles. The van der Waals surface area contributed by atoms with E-state index in [0.29, 0.717) is 40.9 Å². The normalized spacial score (nSPS) is 13.4. The molecule has 3 aromatic rings. The van der Waals surface area contributed by atoms with Gasteiger partial charge in [0.25, 0.3) is 5.91 Å². The first-order chi connectivity index (χ1) is 18.1. The summed E-state index contributed by atoms with van der Waals surface area (Å²) in [6, 6.07) is 22.0. The van der Waals surface area contributed by atoms with Crippen molar-refractivity contribution in [1.82, 2.24) is 5.32 Å². The zero-order valence-corrected chi connectivity index (χ0v) is 21.4. The maximum atomic E-state index is 12.7. The third kappa shape index (κ3) is 8.43. The predicted molar refractivity (Wildman–Crippen MR) is 147 cm³/mol. The van der Waals surface area contributed by atoms with Gasteiger partial charge in [0, 0.05) is 17.4 Å². The summed E-state index contributed by atoms with van der Waals surface area (Å²) in [7, 11) is 0. The molecule has 2 amide bonds. The molecule has 1 aliphatic carbocycles. The van der Waals surface area contributed by atoms with E-state index in [-0.39, 0.29) is 24.4 Å². The monoisotopic (exact) mass is 521 g/mol. The van der Waals surface area contributed by atoms with Crippen LogP contribution in [0.3, 0.4) is 0 Å². The highest BCUT2D eigenvalue weighted by atomic mass is 35.5. The SMILES string of the molecule is O=C(CNc1ccc(Cl)c(C(=O)NC2CCCCC2)c1)Nc1ccc(OCCOc2ccccc2)cc1. The fourth-order valence-corrected chi connectivity index (χ4v) is 4.38. The van der Waals surface area contributed by atoms with Gasteiger partial charge in [-0.25, -0.2) is 0 Å². The van der Waals surface area contributed by atoms with E-state index in [9.17, 15) is 9.59 Å². The van der Waals surface area contributed by atoms with Gasteiger partial charge in [0.05, 0.1) is 17.1 Å². The van der Waals surface area contributed by atoms with E-state index in [1.54, 1.807) is 42.5 Å².